The van der Waals surface area contributed by atoms with Gasteiger partial charge in [-0.3, -0.25) is 0 Å². The Morgan fingerprint density at radius 3 is 3.06 bits per heavy atom. The molecule has 4 heteroatoms. The maximum absolute atomic E-state index is 13.6. The normalized spacial score (nSPS) is 22.3. The zero-order chi connectivity index (χ0) is 11.5. The molecular formula is C12H15BrFNO. The van der Waals surface area contributed by atoms with E-state index in [-0.39, 0.29) is 18.0 Å². The molecule has 0 bridgehead atoms. The standard InChI is InChI=1S/C12H15BrFNO/c13-8-3-4-11(14)10(6-8)12(15)7-9-2-1-5-16-9/h3-4,6,9,12H,1-2,5,7,15H2. The molecule has 2 rings (SSSR count). The van der Waals surface area contributed by atoms with Crippen LogP contribution in [0.15, 0.2) is 22.7 Å². The highest BCUT2D eigenvalue weighted by molar-refractivity contribution is 9.10. The summed E-state index contributed by atoms with van der Waals surface area (Å²) in [5, 5.41) is 0. The van der Waals surface area contributed by atoms with Crippen LogP contribution in [0.2, 0.25) is 0 Å². The highest BCUT2D eigenvalue weighted by atomic mass is 79.9. The molecule has 0 aliphatic carbocycles. The largest absolute Gasteiger partial charge is 0.378 e. The van der Waals surface area contributed by atoms with Crippen molar-refractivity contribution in [2.45, 2.75) is 31.4 Å². The molecule has 0 radical (unpaired) electrons. The van der Waals surface area contributed by atoms with Crippen LogP contribution < -0.4 is 5.73 Å². The highest BCUT2D eigenvalue weighted by Gasteiger charge is 2.21. The Kier molecular flexibility index (Phi) is 3.95. The Balaban J connectivity index is 2.07. The minimum Gasteiger partial charge on any atom is -0.378 e. The molecule has 88 valence electrons. The molecule has 1 aromatic carbocycles. The van der Waals surface area contributed by atoms with E-state index in [2.05, 4.69) is 15.9 Å². The van der Waals surface area contributed by atoms with Crippen LogP contribution in [0.3, 0.4) is 0 Å². The van der Waals surface area contributed by atoms with Gasteiger partial charge in [0.1, 0.15) is 5.82 Å². The molecule has 1 aliphatic heterocycles. The molecule has 2 unspecified atom stereocenters. The third-order valence-corrected chi connectivity index (χ3v) is 3.39. The molecule has 2 N–H and O–H groups in total. The van der Waals surface area contributed by atoms with E-state index in [1.165, 1.54) is 6.07 Å². The van der Waals surface area contributed by atoms with Crippen LogP contribution in [0, 0.1) is 5.82 Å². The lowest BCUT2D eigenvalue weighted by molar-refractivity contribution is 0.0980. The van der Waals surface area contributed by atoms with Gasteiger partial charge in [-0.2, -0.15) is 0 Å². The summed E-state index contributed by atoms with van der Waals surface area (Å²) < 4.78 is 19.9. The minimum atomic E-state index is -0.291. The molecule has 0 spiro atoms. The Labute approximate surface area is 103 Å². The summed E-state index contributed by atoms with van der Waals surface area (Å²) in [6.07, 6.45) is 2.99. The molecule has 1 saturated heterocycles. The Bertz CT molecular complexity index is 366. The summed E-state index contributed by atoms with van der Waals surface area (Å²) in [4.78, 5) is 0. The topological polar surface area (TPSA) is 35.2 Å². The monoisotopic (exact) mass is 287 g/mol. The van der Waals surface area contributed by atoms with Crippen LogP contribution in [0.25, 0.3) is 0 Å². The zero-order valence-electron chi connectivity index (χ0n) is 8.96. The molecule has 1 aliphatic rings. The van der Waals surface area contributed by atoms with Gasteiger partial charge in [0.15, 0.2) is 0 Å². The number of hydrogen-bond acceptors (Lipinski definition) is 2. The van der Waals surface area contributed by atoms with Crippen molar-refractivity contribution in [3.63, 3.8) is 0 Å². The summed E-state index contributed by atoms with van der Waals surface area (Å²) >= 11 is 3.32. The first-order valence-electron chi connectivity index (χ1n) is 5.49. The van der Waals surface area contributed by atoms with Gasteiger partial charge in [0.05, 0.1) is 6.10 Å². The smallest absolute Gasteiger partial charge is 0.128 e. The number of hydrogen-bond donors (Lipinski definition) is 1. The predicted octanol–water partition coefficient (Wildman–Crippen LogP) is 3.16. The molecule has 2 atom stereocenters. The van der Waals surface area contributed by atoms with E-state index in [9.17, 15) is 4.39 Å². The lowest BCUT2D eigenvalue weighted by Crippen LogP contribution is -2.19. The summed E-state index contributed by atoms with van der Waals surface area (Å²) in [6, 6.07) is 4.57. The van der Waals surface area contributed by atoms with Crippen molar-refractivity contribution < 1.29 is 9.13 Å². The van der Waals surface area contributed by atoms with Crippen molar-refractivity contribution in [2.75, 3.05) is 6.61 Å². The van der Waals surface area contributed by atoms with Gasteiger partial charge in [0.25, 0.3) is 0 Å². The number of halogens is 2. The van der Waals surface area contributed by atoms with Gasteiger partial charge in [-0.25, -0.2) is 4.39 Å². The molecule has 0 aromatic heterocycles. The fourth-order valence-electron chi connectivity index (χ4n) is 2.04. The summed E-state index contributed by atoms with van der Waals surface area (Å²) in [5.74, 6) is -0.242. The zero-order valence-corrected chi connectivity index (χ0v) is 10.5. The van der Waals surface area contributed by atoms with Crippen LogP contribution in [0.4, 0.5) is 4.39 Å². The lowest BCUT2D eigenvalue weighted by atomic mass is 10.00. The molecule has 1 heterocycles. The van der Waals surface area contributed by atoms with Gasteiger partial charge in [-0.05, 0) is 37.5 Å². The Hall–Kier alpha value is -0.450. The summed E-state index contributed by atoms with van der Waals surface area (Å²) in [6.45, 7) is 0.804. The number of benzene rings is 1. The third-order valence-electron chi connectivity index (χ3n) is 2.90. The summed E-state index contributed by atoms with van der Waals surface area (Å²) in [5.41, 5.74) is 6.56. The maximum Gasteiger partial charge on any atom is 0.128 e. The molecular weight excluding hydrogens is 273 g/mol. The molecule has 1 fully saturated rings. The quantitative estimate of drug-likeness (QED) is 0.927. The van der Waals surface area contributed by atoms with E-state index < -0.39 is 0 Å². The van der Waals surface area contributed by atoms with Crippen LogP contribution in [0.1, 0.15) is 30.9 Å². The van der Waals surface area contributed by atoms with Crippen molar-refractivity contribution in [1.82, 2.24) is 0 Å². The Morgan fingerprint density at radius 2 is 2.38 bits per heavy atom. The first-order valence-corrected chi connectivity index (χ1v) is 6.28. The van der Waals surface area contributed by atoms with E-state index in [4.69, 9.17) is 10.5 Å². The van der Waals surface area contributed by atoms with Gasteiger partial charge in [-0.1, -0.05) is 15.9 Å². The average molecular weight is 288 g/mol. The van der Waals surface area contributed by atoms with Crippen LogP contribution >= 0.6 is 15.9 Å². The van der Waals surface area contributed by atoms with E-state index in [1.807, 2.05) is 0 Å². The molecule has 2 nitrogen and oxygen atoms in total. The predicted molar refractivity (Wildman–Crippen MR) is 64.6 cm³/mol. The molecule has 1 aromatic rings. The second-order valence-electron chi connectivity index (χ2n) is 4.14. The third kappa shape index (κ3) is 2.81. The van der Waals surface area contributed by atoms with Crippen molar-refractivity contribution >= 4 is 15.9 Å². The minimum absolute atomic E-state index is 0.188. The molecule has 0 amide bonds. The van der Waals surface area contributed by atoms with Gasteiger partial charge in [0, 0.05) is 22.7 Å². The number of nitrogens with two attached hydrogens (primary N) is 1. The van der Waals surface area contributed by atoms with E-state index in [1.54, 1.807) is 12.1 Å². The van der Waals surface area contributed by atoms with E-state index in [0.29, 0.717) is 12.0 Å². The van der Waals surface area contributed by atoms with E-state index in [0.717, 1.165) is 23.9 Å². The Morgan fingerprint density at radius 1 is 1.56 bits per heavy atom. The SMILES string of the molecule is NC(CC1CCCO1)c1cc(Br)ccc1F. The van der Waals surface area contributed by atoms with Crippen LogP contribution in [0.5, 0.6) is 0 Å². The van der Waals surface area contributed by atoms with Crippen LogP contribution in [-0.4, -0.2) is 12.7 Å². The summed E-state index contributed by atoms with van der Waals surface area (Å²) in [7, 11) is 0. The second-order valence-corrected chi connectivity index (χ2v) is 5.06. The van der Waals surface area contributed by atoms with Crippen molar-refractivity contribution in [3.05, 3.63) is 34.1 Å². The highest BCUT2D eigenvalue weighted by Crippen LogP contribution is 2.26. The average Bonchev–Trinajstić information content (AvgIpc) is 2.74. The first kappa shape index (κ1) is 12.0. The van der Waals surface area contributed by atoms with Gasteiger partial charge in [-0.15, -0.1) is 0 Å². The van der Waals surface area contributed by atoms with E-state index >= 15 is 0 Å². The van der Waals surface area contributed by atoms with Gasteiger partial charge >= 0.3 is 0 Å². The van der Waals surface area contributed by atoms with Crippen LogP contribution in [-0.2, 0) is 4.74 Å². The lowest BCUT2D eigenvalue weighted by Gasteiger charge is -2.17. The maximum atomic E-state index is 13.6. The van der Waals surface area contributed by atoms with Gasteiger partial charge in [0.2, 0.25) is 0 Å². The van der Waals surface area contributed by atoms with Gasteiger partial charge < -0.3 is 10.5 Å². The fraction of sp³-hybridized carbons (Fsp3) is 0.500. The van der Waals surface area contributed by atoms with Crippen molar-refractivity contribution in [3.8, 4) is 0 Å². The van der Waals surface area contributed by atoms with Crippen molar-refractivity contribution in [2.24, 2.45) is 5.73 Å². The fourth-order valence-corrected chi connectivity index (χ4v) is 2.42. The molecule has 16 heavy (non-hydrogen) atoms. The first-order chi connectivity index (χ1) is 7.66. The second kappa shape index (κ2) is 5.25. The number of rotatable bonds is 3. The van der Waals surface area contributed by atoms with Crippen molar-refractivity contribution in [1.29, 1.82) is 0 Å². The number of ether oxygens (including phenoxy) is 1. The molecule has 0 saturated carbocycles.